The Balaban J connectivity index is 3.06. The molecule has 1 aromatic carbocycles. The molecular formula is C14H19Cl2NO3. The number of nitrogens with zero attached hydrogens (tertiary/aromatic N) is 1. The number of methoxy groups -OCH3 is 2. The third kappa shape index (κ3) is 4.18. The zero-order chi connectivity index (χ0) is 15.3. The van der Waals surface area contributed by atoms with Crippen molar-refractivity contribution in [3.63, 3.8) is 0 Å². The first kappa shape index (κ1) is 16.9. The number of rotatable bonds is 6. The van der Waals surface area contributed by atoms with Crippen LogP contribution in [0.25, 0.3) is 0 Å². The highest BCUT2D eigenvalue weighted by molar-refractivity contribution is 6.53. The largest absolute Gasteiger partial charge is 0.497 e. The number of benzene rings is 1. The van der Waals surface area contributed by atoms with Crippen molar-refractivity contribution in [3.8, 4) is 11.5 Å². The lowest BCUT2D eigenvalue weighted by atomic mass is 10.1. The van der Waals surface area contributed by atoms with E-state index in [4.69, 9.17) is 32.7 Å². The molecule has 0 spiro atoms. The van der Waals surface area contributed by atoms with Gasteiger partial charge in [0.1, 0.15) is 11.5 Å². The molecule has 0 N–H and O–H groups in total. The number of carbonyl (C=O) groups excluding carboxylic acids is 1. The zero-order valence-electron chi connectivity index (χ0n) is 12.0. The summed E-state index contributed by atoms with van der Waals surface area (Å²) in [5.41, 5.74) is 0.836. The van der Waals surface area contributed by atoms with E-state index in [1.807, 2.05) is 19.9 Å². The SMILES string of the molecule is COc1ccc(OC)c(CN(C(=O)C(Cl)Cl)C(C)C)c1. The summed E-state index contributed by atoms with van der Waals surface area (Å²) in [4.78, 5) is 12.6. The molecule has 4 nitrogen and oxygen atoms in total. The smallest absolute Gasteiger partial charge is 0.256 e. The van der Waals surface area contributed by atoms with E-state index in [-0.39, 0.29) is 11.9 Å². The Morgan fingerprint density at radius 1 is 1.25 bits per heavy atom. The van der Waals surface area contributed by atoms with Gasteiger partial charge in [0.25, 0.3) is 5.91 Å². The van der Waals surface area contributed by atoms with Crippen LogP contribution in [0.4, 0.5) is 0 Å². The zero-order valence-corrected chi connectivity index (χ0v) is 13.5. The minimum Gasteiger partial charge on any atom is -0.497 e. The molecular weight excluding hydrogens is 301 g/mol. The molecule has 0 bridgehead atoms. The maximum atomic E-state index is 12.0. The first-order valence-corrected chi connectivity index (χ1v) is 7.07. The molecule has 1 aromatic rings. The molecule has 0 fully saturated rings. The second-order valence-corrected chi connectivity index (χ2v) is 5.63. The highest BCUT2D eigenvalue weighted by Gasteiger charge is 2.24. The van der Waals surface area contributed by atoms with E-state index in [2.05, 4.69) is 0 Å². The van der Waals surface area contributed by atoms with E-state index in [0.717, 1.165) is 5.56 Å². The van der Waals surface area contributed by atoms with Crippen LogP contribution in [0.3, 0.4) is 0 Å². The van der Waals surface area contributed by atoms with Gasteiger partial charge in [-0.25, -0.2) is 0 Å². The van der Waals surface area contributed by atoms with Crippen LogP contribution in [-0.2, 0) is 11.3 Å². The Hall–Kier alpha value is -1.13. The van der Waals surface area contributed by atoms with E-state index in [9.17, 15) is 4.79 Å². The molecule has 0 heterocycles. The molecule has 0 aliphatic heterocycles. The van der Waals surface area contributed by atoms with Crippen LogP contribution in [-0.4, -0.2) is 35.9 Å². The van der Waals surface area contributed by atoms with Gasteiger partial charge >= 0.3 is 0 Å². The van der Waals surface area contributed by atoms with Crippen LogP contribution < -0.4 is 9.47 Å². The maximum absolute atomic E-state index is 12.0. The lowest BCUT2D eigenvalue weighted by Crippen LogP contribution is -2.39. The van der Waals surface area contributed by atoms with Crippen LogP contribution in [0.15, 0.2) is 18.2 Å². The van der Waals surface area contributed by atoms with Crippen molar-refractivity contribution >= 4 is 29.1 Å². The number of hydrogen-bond donors (Lipinski definition) is 0. The third-order valence-corrected chi connectivity index (χ3v) is 3.29. The normalized spacial score (nSPS) is 10.8. The van der Waals surface area contributed by atoms with Gasteiger partial charge in [-0.15, -0.1) is 0 Å². The van der Waals surface area contributed by atoms with E-state index < -0.39 is 4.84 Å². The molecule has 0 aromatic heterocycles. The minimum atomic E-state index is -1.07. The van der Waals surface area contributed by atoms with Gasteiger partial charge in [0.15, 0.2) is 4.84 Å². The number of ether oxygens (including phenoxy) is 2. The standard InChI is InChI=1S/C14H19Cl2NO3/c1-9(2)17(14(18)13(15)16)8-10-7-11(19-3)5-6-12(10)20-4/h5-7,9,13H,8H2,1-4H3. The highest BCUT2D eigenvalue weighted by atomic mass is 35.5. The van der Waals surface area contributed by atoms with Gasteiger partial charge in [-0.2, -0.15) is 0 Å². The van der Waals surface area contributed by atoms with E-state index in [1.165, 1.54) is 0 Å². The van der Waals surface area contributed by atoms with Crippen LogP contribution in [0, 0.1) is 0 Å². The molecule has 0 radical (unpaired) electrons. The van der Waals surface area contributed by atoms with Gasteiger partial charge in [-0.3, -0.25) is 4.79 Å². The second-order valence-electron chi connectivity index (χ2n) is 4.54. The quantitative estimate of drug-likeness (QED) is 0.755. The third-order valence-electron chi connectivity index (χ3n) is 2.92. The summed E-state index contributed by atoms with van der Waals surface area (Å²) in [5.74, 6) is 1.06. The molecule has 1 amide bonds. The average Bonchev–Trinajstić information content (AvgIpc) is 2.43. The first-order chi connectivity index (χ1) is 9.40. The highest BCUT2D eigenvalue weighted by Crippen LogP contribution is 2.26. The predicted molar refractivity (Wildman–Crippen MR) is 80.7 cm³/mol. The van der Waals surface area contributed by atoms with Gasteiger partial charge in [-0.1, -0.05) is 23.2 Å². The van der Waals surface area contributed by atoms with Crippen molar-refractivity contribution in [2.75, 3.05) is 14.2 Å². The van der Waals surface area contributed by atoms with Crippen molar-refractivity contribution in [2.45, 2.75) is 31.3 Å². The van der Waals surface area contributed by atoms with Gasteiger partial charge in [0, 0.05) is 18.2 Å². The summed E-state index contributed by atoms with van der Waals surface area (Å²) < 4.78 is 10.5. The van der Waals surface area contributed by atoms with Crippen molar-refractivity contribution in [3.05, 3.63) is 23.8 Å². The predicted octanol–water partition coefficient (Wildman–Crippen LogP) is 3.24. The Bertz CT molecular complexity index is 464. The Labute approximate surface area is 129 Å². The number of hydrogen-bond acceptors (Lipinski definition) is 3. The maximum Gasteiger partial charge on any atom is 0.256 e. The summed E-state index contributed by atoms with van der Waals surface area (Å²) in [5, 5.41) is 0. The first-order valence-electron chi connectivity index (χ1n) is 6.20. The van der Waals surface area contributed by atoms with Crippen molar-refractivity contribution in [1.82, 2.24) is 4.90 Å². The average molecular weight is 320 g/mol. The summed E-state index contributed by atoms with van der Waals surface area (Å²) in [6, 6.07) is 5.41. The van der Waals surface area contributed by atoms with Crippen molar-refractivity contribution in [2.24, 2.45) is 0 Å². The Morgan fingerprint density at radius 2 is 1.90 bits per heavy atom. The number of halogens is 2. The molecule has 0 atom stereocenters. The summed E-state index contributed by atoms with van der Waals surface area (Å²) >= 11 is 11.4. The van der Waals surface area contributed by atoms with Crippen LogP contribution >= 0.6 is 23.2 Å². The summed E-state index contributed by atoms with van der Waals surface area (Å²) in [7, 11) is 3.17. The molecule has 0 aliphatic carbocycles. The Kier molecular flexibility index (Phi) is 6.43. The van der Waals surface area contributed by atoms with E-state index >= 15 is 0 Å². The minimum absolute atomic E-state index is 0.0293. The van der Waals surface area contributed by atoms with Gasteiger partial charge in [0.2, 0.25) is 0 Å². The fourth-order valence-electron chi connectivity index (χ4n) is 1.83. The molecule has 1 rings (SSSR count). The summed E-state index contributed by atoms with van der Waals surface area (Å²) in [6.45, 7) is 4.16. The molecule has 112 valence electrons. The van der Waals surface area contributed by atoms with Gasteiger partial charge in [0.05, 0.1) is 14.2 Å². The van der Waals surface area contributed by atoms with Crippen LogP contribution in [0.5, 0.6) is 11.5 Å². The van der Waals surface area contributed by atoms with E-state index in [0.29, 0.717) is 18.0 Å². The van der Waals surface area contributed by atoms with Crippen LogP contribution in [0.1, 0.15) is 19.4 Å². The summed E-state index contributed by atoms with van der Waals surface area (Å²) in [6.07, 6.45) is 0. The van der Waals surface area contributed by atoms with Crippen LogP contribution in [0.2, 0.25) is 0 Å². The van der Waals surface area contributed by atoms with Gasteiger partial charge in [-0.05, 0) is 32.0 Å². The number of alkyl halides is 2. The second kappa shape index (κ2) is 7.60. The van der Waals surface area contributed by atoms with Crippen molar-refractivity contribution < 1.29 is 14.3 Å². The van der Waals surface area contributed by atoms with Crippen molar-refractivity contribution in [1.29, 1.82) is 0 Å². The molecule has 20 heavy (non-hydrogen) atoms. The number of amides is 1. The van der Waals surface area contributed by atoms with Gasteiger partial charge < -0.3 is 14.4 Å². The monoisotopic (exact) mass is 319 g/mol. The molecule has 0 saturated carbocycles. The molecule has 0 unspecified atom stereocenters. The Morgan fingerprint density at radius 3 is 2.35 bits per heavy atom. The topological polar surface area (TPSA) is 38.8 Å². The molecule has 0 saturated heterocycles. The fourth-order valence-corrected chi connectivity index (χ4v) is 2.08. The molecule has 6 heteroatoms. The molecule has 0 aliphatic rings. The van der Waals surface area contributed by atoms with E-state index in [1.54, 1.807) is 31.3 Å². The fraction of sp³-hybridized carbons (Fsp3) is 0.500. The number of carbonyl (C=O) groups is 1. The lowest BCUT2D eigenvalue weighted by Gasteiger charge is -2.28. The lowest BCUT2D eigenvalue weighted by molar-refractivity contribution is -0.131.